The van der Waals surface area contributed by atoms with Gasteiger partial charge in [-0.1, -0.05) is 13.8 Å². The maximum atomic E-state index is 11.1. The van der Waals surface area contributed by atoms with Gasteiger partial charge in [0.2, 0.25) is 5.91 Å². The van der Waals surface area contributed by atoms with Crippen LogP contribution in [0.2, 0.25) is 0 Å². The lowest BCUT2D eigenvalue weighted by molar-refractivity contribution is -0.124. The largest absolute Gasteiger partial charge is 0.395 e. The number of likely N-dealkylation sites (N-methyl/N-ethyl adjacent to an activating group) is 2. The fourth-order valence-electron chi connectivity index (χ4n) is 2.65. The molecule has 5 N–H and O–H groups in total. The second-order valence-corrected chi connectivity index (χ2v) is 7.39. The van der Waals surface area contributed by atoms with E-state index in [0.29, 0.717) is 10.7 Å². The molecule has 0 aromatic carbocycles. The number of carbonyl (C=O) groups excluding carboxylic acids is 2. The molecule has 2 heterocycles. The first-order valence-corrected chi connectivity index (χ1v) is 9.47. The Morgan fingerprint density at radius 1 is 1.54 bits per heavy atom. The Labute approximate surface area is 159 Å². The van der Waals surface area contributed by atoms with Gasteiger partial charge in [0.1, 0.15) is 17.3 Å². The predicted molar refractivity (Wildman–Crippen MR) is 105 cm³/mol. The number of hydrogen-bond donors (Lipinski definition) is 3. The quantitative estimate of drug-likeness (QED) is 0.375. The van der Waals surface area contributed by atoms with E-state index in [0.717, 1.165) is 25.7 Å². The van der Waals surface area contributed by atoms with E-state index in [2.05, 4.69) is 15.2 Å². The third-order valence-electron chi connectivity index (χ3n) is 4.20. The van der Waals surface area contributed by atoms with E-state index < -0.39 is 0 Å². The molecule has 9 heteroatoms. The Hall–Kier alpha value is -1.97. The number of aromatic nitrogens is 1. The molecular formula is C17H30N6O2S. The zero-order valence-corrected chi connectivity index (χ0v) is 16.7. The van der Waals surface area contributed by atoms with Crippen molar-refractivity contribution in [2.24, 2.45) is 17.5 Å². The molecule has 1 saturated heterocycles. The highest BCUT2D eigenvalue weighted by Crippen LogP contribution is 2.14. The van der Waals surface area contributed by atoms with E-state index in [1.54, 1.807) is 13.2 Å². The van der Waals surface area contributed by atoms with Crippen LogP contribution < -0.4 is 16.9 Å². The molecule has 1 aliphatic rings. The predicted octanol–water partition coefficient (Wildman–Crippen LogP) is 0.626. The van der Waals surface area contributed by atoms with Gasteiger partial charge in [-0.25, -0.2) is 10.8 Å². The number of thiazole rings is 1. The third kappa shape index (κ3) is 6.40. The Morgan fingerprint density at radius 2 is 2.23 bits per heavy atom. The molecule has 1 amide bonds. The van der Waals surface area contributed by atoms with Gasteiger partial charge < -0.3 is 20.9 Å². The topological polar surface area (TPSA) is 118 Å². The minimum atomic E-state index is -0.376. The lowest BCUT2D eigenvalue weighted by Gasteiger charge is -2.24. The summed E-state index contributed by atoms with van der Waals surface area (Å²) in [5.74, 6) is 6.04. The van der Waals surface area contributed by atoms with E-state index >= 15 is 0 Å². The van der Waals surface area contributed by atoms with Gasteiger partial charge in [0, 0.05) is 24.8 Å². The monoisotopic (exact) mass is 382 g/mol. The summed E-state index contributed by atoms with van der Waals surface area (Å²) in [6.07, 6.45) is 6.18. The van der Waals surface area contributed by atoms with Crippen LogP contribution in [0.4, 0.5) is 0 Å². The molecule has 1 aromatic rings. The van der Waals surface area contributed by atoms with Gasteiger partial charge in [-0.15, -0.1) is 11.3 Å². The zero-order chi connectivity index (χ0) is 19.7. The van der Waals surface area contributed by atoms with E-state index in [4.69, 9.17) is 11.6 Å². The van der Waals surface area contributed by atoms with Gasteiger partial charge in [0.25, 0.3) is 0 Å². The fourth-order valence-corrected chi connectivity index (χ4v) is 3.21. The van der Waals surface area contributed by atoms with E-state index in [1.807, 2.05) is 26.3 Å². The van der Waals surface area contributed by atoms with Gasteiger partial charge in [-0.05, 0) is 32.4 Å². The lowest BCUT2D eigenvalue weighted by Crippen LogP contribution is -2.41. The van der Waals surface area contributed by atoms with Gasteiger partial charge in [-0.2, -0.15) is 0 Å². The van der Waals surface area contributed by atoms with Crippen LogP contribution in [0, 0.1) is 5.92 Å². The first-order chi connectivity index (χ1) is 12.3. The standard InChI is InChI=1S/C10H16N4OS.C7H14N2O/c1-7(2)9(6-15)14(12)5-8(11)10-13-3-4-16-10;1-8-7(10)6-4-3-5-9(6)2/h3-7,9H,11-12H2,1-2H3;6H,3-5H2,1-2H3,(H,8,10)/b8-5-;. The summed E-state index contributed by atoms with van der Waals surface area (Å²) in [6, 6.07) is -0.247. The van der Waals surface area contributed by atoms with Crippen LogP contribution >= 0.6 is 11.3 Å². The molecule has 2 unspecified atom stereocenters. The molecule has 0 radical (unpaired) electrons. The van der Waals surface area contributed by atoms with E-state index in [1.165, 1.54) is 22.5 Å². The number of hydrazine groups is 1. The second kappa shape index (κ2) is 10.9. The molecule has 1 aliphatic heterocycles. The zero-order valence-electron chi connectivity index (χ0n) is 15.9. The van der Waals surface area contributed by atoms with Crippen molar-refractivity contribution in [3.8, 4) is 0 Å². The van der Waals surface area contributed by atoms with Crippen molar-refractivity contribution in [3.63, 3.8) is 0 Å². The number of nitrogens with zero attached hydrogens (tertiary/aromatic N) is 3. The molecule has 146 valence electrons. The SMILES string of the molecule is CC(C)C(C=O)N(N)/C=C(\N)c1nccs1.CNC(=O)C1CCCN1C. The average molecular weight is 383 g/mol. The minimum absolute atomic E-state index is 0.128. The summed E-state index contributed by atoms with van der Waals surface area (Å²) in [4.78, 5) is 28.1. The molecule has 0 spiro atoms. The molecule has 0 aliphatic carbocycles. The lowest BCUT2D eigenvalue weighted by atomic mass is 10.1. The molecular weight excluding hydrogens is 352 g/mol. The molecule has 26 heavy (non-hydrogen) atoms. The highest BCUT2D eigenvalue weighted by atomic mass is 32.1. The molecule has 1 aromatic heterocycles. The maximum Gasteiger partial charge on any atom is 0.237 e. The smallest absolute Gasteiger partial charge is 0.237 e. The first kappa shape index (κ1) is 22.1. The third-order valence-corrected chi connectivity index (χ3v) is 5.03. The molecule has 0 saturated carbocycles. The van der Waals surface area contributed by atoms with Crippen molar-refractivity contribution in [2.45, 2.75) is 38.8 Å². The van der Waals surface area contributed by atoms with Gasteiger partial charge >= 0.3 is 0 Å². The normalized spacial score (nSPS) is 18.8. The molecule has 0 bridgehead atoms. The maximum absolute atomic E-state index is 11.1. The highest BCUT2D eigenvalue weighted by molar-refractivity contribution is 7.10. The van der Waals surface area contributed by atoms with Gasteiger partial charge in [-0.3, -0.25) is 9.69 Å². The van der Waals surface area contributed by atoms with Crippen molar-refractivity contribution in [3.05, 3.63) is 22.8 Å². The molecule has 2 atom stereocenters. The fraction of sp³-hybridized carbons (Fsp3) is 0.588. The van der Waals surface area contributed by atoms with Crippen molar-refractivity contribution >= 4 is 29.2 Å². The number of amides is 1. The van der Waals surface area contributed by atoms with Crippen LogP contribution in [0.1, 0.15) is 31.7 Å². The number of hydrogen-bond acceptors (Lipinski definition) is 8. The van der Waals surface area contributed by atoms with Crippen LogP contribution in [0.15, 0.2) is 17.8 Å². The van der Waals surface area contributed by atoms with E-state index in [9.17, 15) is 9.59 Å². The van der Waals surface area contributed by atoms with Crippen molar-refractivity contribution < 1.29 is 9.59 Å². The van der Waals surface area contributed by atoms with Crippen LogP contribution in [0.3, 0.4) is 0 Å². The summed E-state index contributed by atoms with van der Waals surface area (Å²) < 4.78 is 0. The molecule has 2 rings (SSSR count). The van der Waals surface area contributed by atoms with Crippen molar-refractivity contribution in [1.82, 2.24) is 20.2 Å². The number of nitrogens with one attached hydrogen (secondary N) is 1. The van der Waals surface area contributed by atoms with E-state index in [-0.39, 0.29) is 23.9 Å². The summed E-state index contributed by atoms with van der Waals surface area (Å²) in [5, 5.41) is 6.51. The van der Waals surface area contributed by atoms with Gasteiger partial charge in [0.05, 0.1) is 11.7 Å². The van der Waals surface area contributed by atoms with Crippen LogP contribution in [0.5, 0.6) is 0 Å². The summed E-state index contributed by atoms with van der Waals surface area (Å²) in [7, 11) is 3.68. The summed E-state index contributed by atoms with van der Waals surface area (Å²) in [6.45, 7) is 4.90. The molecule has 8 nitrogen and oxygen atoms in total. The summed E-state index contributed by atoms with van der Waals surface area (Å²) >= 11 is 1.43. The average Bonchev–Trinajstić information content (AvgIpc) is 3.26. The number of nitrogens with two attached hydrogens (primary N) is 2. The summed E-state index contributed by atoms with van der Waals surface area (Å²) in [5.41, 5.74) is 6.27. The first-order valence-electron chi connectivity index (χ1n) is 8.59. The Balaban J connectivity index is 0.000000289. The Bertz CT molecular complexity index is 590. The van der Waals surface area contributed by atoms with Crippen LogP contribution in [-0.4, -0.2) is 59.8 Å². The van der Waals surface area contributed by atoms with Gasteiger partial charge in [0.15, 0.2) is 0 Å². The Kier molecular flexibility index (Phi) is 9.25. The highest BCUT2D eigenvalue weighted by Gasteiger charge is 2.26. The van der Waals surface area contributed by atoms with Crippen molar-refractivity contribution in [1.29, 1.82) is 0 Å². The Morgan fingerprint density at radius 3 is 2.65 bits per heavy atom. The number of aldehydes is 1. The van der Waals surface area contributed by atoms with Crippen LogP contribution in [0.25, 0.3) is 5.70 Å². The van der Waals surface area contributed by atoms with Crippen LogP contribution in [-0.2, 0) is 9.59 Å². The number of likely N-dealkylation sites (tertiary alicyclic amines) is 1. The number of carbonyl (C=O) groups is 2. The second-order valence-electron chi connectivity index (χ2n) is 6.49. The van der Waals surface area contributed by atoms with Crippen molar-refractivity contribution in [2.75, 3.05) is 20.6 Å². The minimum Gasteiger partial charge on any atom is -0.395 e. The number of rotatable bonds is 6. The molecule has 1 fully saturated rings.